The summed E-state index contributed by atoms with van der Waals surface area (Å²) in [4.78, 5) is 26.9. The molecule has 2 rings (SSSR count). The van der Waals surface area contributed by atoms with E-state index < -0.39 is 23.9 Å². The van der Waals surface area contributed by atoms with Gasteiger partial charge < -0.3 is 4.74 Å². The molecule has 0 radical (unpaired) electrons. The lowest BCUT2D eigenvalue weighted by Gasteiger charge is -2.18. The minimum Gasteiger partial charge on any atom is -0.443 e. The normalized spacial score (nSPS) is 10.9. The quantitative estimate of drug-likeness (QED) is 0.861. The average Bonchev–Trinajstić information content (AvgIpc) is 2.59. The van der Waals surface area contributed by atoms with Gasteiger partial charge in [-0.3, -0.25) is 14.8 Å². The first-order valence-electron chi connectivity index (χ1n) is 7.06. The number of alkyl halides is 3. The zero-order valence-corrected chi connectivity index (χ0v) is 13.1. The highest BCUT2D eigenvalue weighted by molar-refractivity contribution is 5.94. The van der Waals surface area contributed by atoms with Crippen molar-refractivity contribution in [1.82, 2.24) is 15.4 Å². The van der Waals surface area contributed by atoms with E-state index in [1.165, 1.54) is 7.05 Å². The Kier molecular flexibility index (Phi) is 5.58. The van der Waals surface area contributed by atoms with Gasteiger partial charge in [0.2, 0.25) is 0 Å². The van der Waals surface area contributed by atoms with Crippen LogP contribution in [-0.4, -0.2) is 29.0 Å². The van der Waals surface area contributed by atoms with Crippen LogP contribution in [0.25, 0.3) is 0 Å². The first-order chi connectivity index (χ1) is 11.8. The number of nitrogens with one attached hydrogen (secondary N) is 1. The highest BCUT2D eigenvalue weighted by Crippen LogP contribution is 2.27. The van der Waals surface area contributed by atoms with E-state index in [9.17, 15) is 22.8 Å². The smallest absolute Gasteiger partial charge is 0.433 e. The van der Waals surface area contributed by atoms with Crippen molar-refractivity contribution < 1.29 is 27.5 Å². The predicted molar refractivity (Wildman–Crippen MR) is 81.1 cm³/mol. The number of ether oxygens (including phenoxy) is 1. The van der Waals surface area contributed by atoms with Gasteiger partial charge in [-0.25, -0.2) is 10.2 Å². The molecule has 1 aromatic carbocycles. The van der Waals surface area contributed by atoms with Crippen molar-refractivity contribution in [1.29, 1.82) is 0 Å². The van der Waals surface area contributed by atoms with Gasteiger partial charge in [-0.05, 0) is 17.7 Å². The first-order valence-corrected chi connectivity index (χ1v) is 7.06. The molecule has 1 aromatic heterocycles. The van der Waals surface area contributed by atoms with Gasteiger partial charge in [0, 0.05) is 13.2 Å². The van der Waals surface area contributed by atoms with Crippen LogP contribution in [0, 0.1) is 0 Å². The molecular formula is C16H14F3N3O3. The number of carbonyl (C=O) groups is 2. The topological polar surface area (TPSA) is 71.5 Å². The van der Waals surface area contributed by atoms with E-state index in [1.54, 1.807) is 24.3 Å². The molecule has 0 aliphatic carbocycles. The molecule has 0 aliphatic rings. The van der Waals surface area contributed by atoms with Crippen LogP contribution >= 0.6 is 0 Å². The molecule has 6 nitrogen and oxygen atoms in total. The molecule has 0 aliphatic heterocycles. The summed E-state index contributed by atoms with van der Waals surface area (Å²) in [5, 5.41) is 0.803. The number of nitrogens with zero attached hydrogens (tertiary/aromatic N) is 2. The Morgan fingerprint density at radius 2 is 1.84 bits per heavy atom. The largest absolute Gasteiger partial charge is 0.443 e. The van der Waals surface area contributed by atoms with Gasteiger partial charge in [-0.15, -0.1) is 0 Å². The number of carbonyl (C=O) groups excluding carboxylic acids is 2. The van der Waals surface area contributed by atoms with Gasteiger partial charge >= 0.3 is 12.3 Å². The van der Waals surface area contributed by atoms with Gasteiger partial charge in [-0.2, -0.15) is 13.2 Å². The SMILES string of the molecule is CN(NC(=O)OCc1ccccc1)C(=O)c1ccc(C(F)(F)F)nc1. The highest BCUT2D eigenvalue weighted by atomic mass is 19.4. The van der Waals surface area contributed by atoms with Gasteiger partial charge in [0.15, 0.2) is 0 Å². The van der Waals surface area contributed by atoms with Crippen LogP contribution in [-0.2, 0) is 17.5 Å². The standard InChI is InChI=1S/C16H14F3N3O3/c1-22(21-15(24)25-10-11-5-3-2-4-6-11)14(23)12-7-8-13(20-9-12)16(17,18)19/h2-9H,10H2,1H3,(H,21,24). The molecule has 132 valence electrons. The Labute approximate surface area is 141 Å². The monoisotopic (exact) mass is 353 g/mol. The molecule has 9 heteroatoms. The summed E-state index contributed by atoms with van der Waals surface area (Å²) in [5.74, 6) is -0.738. The molecule has 0 spiro atoms. The Morgan fingerprint density at radius 3 is 2.40 bits per heavy atom. The number of hydrazine groups is 1. The summed E-state index contributed by atoms with van der Waals surface area (Å²) in [6, 6.07) is 10.6. The number of hydrogen-bond donors (Lipinski definition) is 1. The number of amides is 2. The second-order valence-electron chi connectivity index (χ2n) is 4.97. The minimum atomic E-state index is -4.59. The van der Waals surface area contributed by atoms with Crippen LogP contribution in [0.15, 0.2) is 48.7 Å². The summed E-state index contributed by atoms with van der Waals surface area (Å²) in [5.41, 5.74) is 1.71. The number of aromatic nitrogens is 1. The number of pyridine rings is 1. The third-order valence-corrected chi connectivity index (χ3v) is 3.08. The van der Waals surface area contributed by atoms with Crippen LogP contribution in [0.5, 0.6) is 0 Å². The maximum atomic E-state index is 12.4. The lowest BCUT2D eigenvalue weighted by Crippen LogP contribution is -2.43. The molecule has 25 heavy (non-hydrogen) atoms. The van der Waals surface area contributed by atoms with Gasteiger partial charge in [0.05, 0.1) is 5.56 Å². The zero-order chi connectivity index (χ0) is 18.4. The summed E-state index contributed by atoms with van der Waals surface area (Å²) >= 11 is 0. The summed E-state index contributed by atoms with van der Waals surface area (Å²) in [6.45, 7) is 0.0105. The molecule has 0 saturated heterocycles. The number of halogens is 3. The number of benzene rings is 1. The fraction of sp³-hybridized carbons (Fsp3) is 0.188. The molecule has 0 fully saturated rings. The molecule has 0 saturated carbocycles. The predicted octanol–water partition coefficient (Wildman–Crippen LogP) is 3.01. The molecule has 0 bridgehead atoms. The summed E-state index contributed by atoms with van der Waals surface area (Å²) < 4.78 is 42.3. The second kappa shape index (κ2) is 7.65. The zero-order valence-electron chi connectivity index (χ0n) is 13.1. The summed E-state index contributed by atoms with van der Waals surface area (Å²) in [7, 11) is 1.24. The van der Waals surface area contributed by atoms with E-state index in [0.717, 1.165) is 22.8 Å². The third kappa shape index (κ3) is 5.20. The Morgan fingerprint density at radius 1 is 1.16 bits per heavy atom. The molecule has 0 unspecified atom stereocenters. The number of hydrogen-bond acceptors (Lipinski definition) is 4. The lowest BCUT2D eigenvalue weighted by atomic mass is 10.2. The first kappa shape index (κ1) is 18.2. The Bertz CT molecular complexity index is 734. The Hall–Kier alpha value is -3.10. The fourth-order valence-electron chi connectivity index (χ4n) is 1.82. The maximum absolute atomic E-state index is 12.4. The van der Waals surface area contributed by atoms with Gasteiger partial charge in [0.25, 0.3) is 5.91 Å². The maximum Gasteiger partial charge on any atom is 0.433 e. The van der Waals surface area contributed by atoms with Crippen LogP contribution in [0.1, 0.15) is 21.6 Å². The van der Waals surface area contributed by atoms with E-state index in [-0.39, 0.29) is 12.2 Å². The Balaban J connectivity index is 1.90. The van der Waals surface area contributed by atoms with Gasteiger partial charge in [-0.1, -0.05) is 30.3 Å². The molecule has 2 amide bonds. The van der Waals surface area contributed by atoms with E-state index in [1.807, 2.05) is 6.07 Å². The van der Waals surface area contributed by atoms with E-state index in [4.69, 9.17) is 4.74 Å². The molecule has 1 N–H and O–H groups in total. The van der Waals surface area contributed by atoms with Gasteiger partial charge in [0.1, 0.15) is 12.3 Å². The van der Waals surface area contributed by atoms with Crippen molar-refractivity contribution in [3.05, 3.63) is 65.5 Å². The van der Waals surface area contributed by atoms with E-state index in [0.29, 0.717) is 6.07 Å². The average molecular weight is 353 g/mol. The van der Waals surface area contributed by atoms with Crippen LogP contribution in [0.4, 0.5) is 18.0 Å². The van der Waals surface area contributed by atoms with Crippen LogP contribution in [0.3, 0.4) is 0 Å². The minimum absolute atomic E-state index is 0.0105. The molecule has 0 atom stereocenters. The number of rotatable bonds is 3. The van der Waals surface area contributed by atoms with E-state index in [2.05, 4.69) is 10.4 Å². The van der Waals surface area contributed by atoms with E-state index >= 15 is 0 Å². The fourth-order valence-corrected chi connectivity index (χ4v) is 1.82. The van der Waals surface area contributed by atoms with Crippen molar-refractivity contribution in [3.8, 4) is 0 Å². The van der Waals surface area contributed by atoms with Crippen molar-refractivity contribution >= 4 is 12.0 Å². The van der Waals surface area contributed by atoms with Crippen molar-refractivity contribution in [2.24, 2.45) is 0 Å². The second-order valence-corrected chi connectivity index (χ2v) is 4.97. The van der Waals surface area contributed by atoms with Crippen molar-refractivity contribution in [2.45, 2.75) is 12.8 Å². The van der Waals surface area contributed by atoms with Crippen molar-refractivity contribution in [2.75, 3.05) is 7.05 Å². The summed E-state index contributed by atoms with van der Waals surface area (Å²) in [6.07, 6.45) is -4.68. The van der Waals surface area contributed by atoms with Crippen molar-refractivity contribution in [3.63, 3.8) is 0 Å². The molecule has 2 aromatic rings. The lowest BCUT2D eigenvalue weighted by molar-refractivity contribution is -0.141. The third-order valence-electron chi connectivity index (χ3n) is 3.08. The van der Waals surface area contributed by atoms with Crippen LogP contribution < -0.4 is 5.43 Å². The van der Waals surface area contributed by atoms with Crippen LogP contribution in [0.2, 0.25) is 0 Å². The highest BCUT2D eigenvalue weighted by Gasteiger charge is 2.32. The molecule has 1 heterocycles. The molecular weight excluding hydrogens is 339 g/mol.